The Hall–Kier alpha value is -1.19. The van der Waals surface area contributed by atoms with Crippen LogP contribution in [0, 0.1) is 5.92 Å². The molecule has 0 aromatic carbocycles. The second kappa shape index (κ2) is 5.43. The summed E-state index contributed by atoms with van der Waals surface area (Å²) in [5.41, 5.74) is 1.59. The van der Waals surface area contributed by atoms with Gasteiger partial charge in [0.15, 0.2) is 0 Å². The molecule has 2 amide bonds. The summed E-state index contributed by atoms with van der Waals surface area (Å²) in [6.07, 6.45) is 0.894. The first-order valence-electron chi connectivity index (χ1n) is 5.62. The van der Waals surface area contributed by atoms with Gasteiger partial charge in [-0.3, -0.25) is 18.6 Å². The molecule has 9 heteroatoms. The van der Waals surface area contributed by atoms with Gasteiger partial charge in [0.25, 0.3) is 16.0 Å². The van der Waals surface area contributed by atoms with E-state index < -0.39 is 39.5 Å². The molecule has 1 heterocycles. The molecule has 0 saturated carbocycles. The van der Waals surface area contributed by atoms with E-state index in [1.807, 2.05) is 0 Å². The average molecular weight is 294 g/mol. The van der Waals surface area contributed by atoms with Gasteiger partial charge in [-0.1, -0.05) is 0 Å². The summed E-state index contributed by atoms with van der Waals surface area (Å²) in [6, 6.07) is -0.675. The van der Waals surface area contributed by atoms with Crippen LogP contribution in [-0.4, -0.2) is 44.7 Å². The first-order chi connectivity index (χ1) is 8.49. The number of rotatable bonds is 5. The molecule has 1 rings (SSSR count). The van der Waals surface area contributed by atoms with Gasteiger partial charge in [0, 0.05) is 0 Å². The van der Waals surface area contributed by atoms with Crippen molar-refractivity contribution in [3.63, 3.8) is 0 Å². The molecular weight excluding hydrogens is 276 g/mol. The van der Waals surface area contributed by atoms with Crippen molar-refractivity contribution in [2.45, 2.75) is 32.4 Å². The van der Waals surface area contributed by atoms with Crippen molar-refractivity contribution in [1.82, 2.24) is 10.8 Å². The normalized spacial score (nSPS) is 23.5. The summed E-state index contributed by atoms with van der Waals surface area (Å²) in [7, 11) is -3.61. The fourth-order valence-electron chi connectivity index (χ4n) is 1.35. The van der Waals surface area contributed by atoms with Crippen molar-refractivity contribution in [2.75, 3.05) is 12.9 Å². The lowest BCUT2D eigenvalue weighted by molar-refractivity contribution is -0.160. The number of carbonyl (C=O) groups excluding carboxylic acids is 2. The van der Waals surface area contributed by atoms with Crippen LogP contribution in [0.1, 0.15) is 20.8 Å². The smallest absolute Gasteiger partial charge is 0.264 e. The minimum atomic E-state index is -3.61. The Bertz CT molecular complexity index is 467. The van der Waals surface area contributed by atoms with E-state index in [4.69, 9.17) is 4.84 Å². The Morgan fingerprint density at radius 1 is 1.42 bits per heavy atom. The first-order valence-corrected chi connectivity index (χ1v) is 7.44. The van der Waals surface area contributed by atoms with Gasteiger partial charge < -0.3 is 5.32 Å². The van der Waals surface area contributed by atoms with Crippen molar-refractivity contribution >= 4 is 21.9 Å². The SMILES string of the molecule is CC(C)(C)ONC(=O)C1C(=O)NC1COS(C)(=O)=O. The summed E-state index contributed by atoms with van der Waals surface area (Å²) in [5, 5.41) is 2.40. The molecule has 2 atom stereocenters. The van der Waals surface area contributed by atoms with Crippen LogP contribution < -0.4 is 10.8 Å². The quantitative estimate of drug-likeness (QED) is 0.289. The van der Waals surface area contributed by atoms with E-state index in [0.29, 0.717) is 0 Å². The highest BCUT2D eigenvalue weighted by atomic mass is 32.2. The predicted octanol–water partition coefficient (Wildman–Crippen LogP) is -1.08. The molecule has 0 aromatic rings. The first kappa shape index (κ1) is 15.9. The van der Waals surface area contributed by atoms with Gasteiger partial charge in [-0.05, 0) is 20.8 Å². The Morgan fingerprint density at radius 3 is 2.42 bits per heavy atom. The highest BCUT2D eigenvalue weighted by Gasteiger charge is 2.45. The highest BCUT2D eigenvalue weighted by Crippen LogP contribution is 2.17. The van der Waals surface area contributed by atoms with Gasteiger partial charge in [0.05, 0.1) is 24.5 Å². The molecule has 0 aliphatic carbocycles. The predicted molar refractivity (Wildman–Crippen MR) is 65.2 cm³/mol. The Balaban J connectivity index is 2.51. The minimum Gasteiger partial charge on any atom is -0.349 e. The lowest BCUT2D eigenvalue weighted by Gasteiger charge is -2.35. The van der Waals surface area contributed by atoms with Crippen molar-refractivity contribution in [1.29, 1.82) is 0 Å². The molecule has 0 bridgehead atoms. The Kier molecular flexibility index (Phi) is 4.54. The van der Waals surface area contributed by atoms with Crippen LogP contribution in [0.25, 0.3) is 0 Å². The van der Waals surface area contributed by atoms with Gasteiger partial charge in [-0.15, -0.1) is 0 Å². The number of hydroxylamine groups is 1. The number of hydrogen-bond donors (Lipinski definition) is 2. The van der Waals surface area contributed by atoms with Crippen LogP contribution in [0.5, 0.6) is 0 Å². The maximum Gasteiger partial charge on any atom is 0.264 e. The van der Waals surface area contributed by atoms with E-state index in [1.165, 1.54) is 0 Å². The second-order valence-electron chi connectivity index (χ2n) is 5.26. The third kappa shape index (κ3) is 5.13. The van der Waals surface area contributed by atoms with Gasteiger partial charge in [0.1, 0.15) is 5.92 Å². The van der Waals surface area contributed by atoms with E-state index in [-0.39, 0.29) is 6.61 Å². The van der Waals surface area contributed by atoms with Crippen LogP contribution in [0.15, 0.2) is 0 Å². The van der Waals surface area contributed by atoms with Crippen molar-refractivity contribution in [2.24, 2.45) is 5.92 Å². The molecule has 0 spiro atoms. The summed E-state index contributed by atoms with van der Waals surface area (Å²) in [4.78, 5) is 28.1. The zero-order valence-corrected chi connectivity index (χ0v) is 12.0. The zero-order chi connectivity index (χ0) is 14.8. The fourth-order valence-corrected chi connectivity index (χ4v) is 1.74. The molecule has 2 unspecified atom stereocenters. The van der Waals surface area contributed by atoms with Crippen LogP contribution in [0.4, 0.5) is 0 Å². The van der Waals surface area contributed by atoms with E-state index in [1.54, 1.807) is 20.8 Å². The van der Waals surface area contributed by atoms with Crippen molar-refractivity contribution in [3.05, 3.63) is 0 Å². The molecular formula is C10H18N2O6S. The standard InChI is InChI=1S/C10H18N2O6S/c1-10(2,3)18-12-9(14)7-6(11-8(7)13)5-17-19(4,15)16/h6-7H,5H2,1-4H3,(H,11,13)(H,12,14). The van der Waals surface area contributed by atoms with Crippen LogP contribution >= 0.6 is 0 Å². The second-order valence-corrected chi connectivity index (χ2v) is 6.91. The monoisotopic (exact) mass is 294 g/mol. The van der Waals surface area contributed by atoms with Crippen LogP contribution in [0.2, 0.25) is 0 Å². The number of β-lactam (4-membered cyclic amide) rings is 1. The molecule has 1 saturated heterocycles. The number of amides is 2. The Morgan fingerprint density at radius 2 is 2.00 bits per heavy atom. The van der Waals surface area contributed by atoms with Crippen LogP contribution in [0.3, 0.4) is 0 Å². The van der Waals surface area contributed by atoms with Crippen molar-refractivity contribution < 1.29 is 27.0 Å². The maximum absolute atomic E-state index is 11.7. The fraction of sp³-hybridized carbons (Fsp3) is 0.800. The maximum atomic E-state index is 11.7. The van der Waals surface area contributed by atoms with Gasteiger partial charge in [0.2, 0.25) is 5.91 Å². The molecule has 1 fully saturated rings. The molecule has 1 aliphatic heterocycles. The van der Waals surface area contributed by atoms with Crippen LogP contribution in [-0.2, 0) is 28.7 Å². The van der Waals surface area contributed by atoms with E-state index in [2.05, 4.69) is 15.0 Å². The third-order valence-corrected chi connectivity index (χ3v) is 2.78. The summed E-state index contributed by atoms with van der Waals surface area (Å²) >= 11 is 0. The Labute approximate surface area is 111 Å². The van der Waals surface area contributed by atoms with E-state index >= 15 is 0 Å². The van der Waals surface area contributed by atoms with Gasteiger partial charge in [-0.2, -0.15) is 8.42 Å². The number of nitrogens with one attached hydrogen (secondary N) is 2. The summed E-state index contributed by atoms with van der Waals surface area (Å²) < 4.78 is 26.2. The molecule has 1 aliphatic rings. The lowest BCUT2D eigenvalue weighted by Crippen LogP contribution is -2.65. The molecule has 2 N–H and O–H groups in total. The molecule has 0 aromatic heterocycles. The summed E-state index contributed by atoms with van der Waals surface area (Å²) in [5.74, 6) is -2.12. The van der Waals surface area contributed by atoms with E-state index in [0.717, 1.165) is 6.26 Å². The van der Waals surface area contributed by atoms with Gasteiger partial charge >= 0.3 is 0 Å². The lowest BCUT2D eigenvalue weighted by atomic mass is 9.90. The average Bonchev–Trinajstić information content (AvgIpc) is 2.18. The largest absolute Gasteiger partial charge is 0.349 e. The summed E-state index contributed by atoms with van der Waals surface area (Å²) in [6.45, 7) is 4.92. The van der Waals surface area contributed by atoms with E-state index in [9.17, 15) is 18.0 Å². The molecule has 0 radical (unpaired) electrons. The highest BCUT2D eigenvalue weighted by molar-refractivity contribution is 7.85. The molecule has 8 nitrogen and oxygen atoms in total. The zero-order valence-electron chi connectivity index (χ0n) is 11.2. The topological polar surface area (TPSA) is 111 Å². The minimum absolute atomic E-state index is 0.280. The number of hydrogen-bond acceptors (Lipinski definition) is 6. The van der Waals surface area contributed by atoms with Gasteiger partial charge in [-0.25, -0.2) is 5.48 Å². The molecule has 110 valence electrons. The molecule has 19 heavy (non-hydrogen) atoms. The number of carbonyl (C=O) groups is 2. The van der Waals surface area contributed by atoms with Crippen molar-refractivity contribution in [3.8, 4) is 0 Å². The third-order valence-electron chi connectivity index (χ3n) is 2.21.